The first-order valence-electron chi connectivity index (χ1n) is 2.61. The zero-order valence-corrected chi connectivity index (χ0v) is 6.63. The van der Waals surface area contributed by atoms with Crippen molar-refractivity contribution in [3.8, 4) is 0 Å². The van der Waals surface area contributed by atoms with Gasteiger partial charge in [0.2, 0.25) is 0 Å². The molecule has 0 aromatic carbocycles. The number of rotatable bonds is 3. The summed E-state index contributed by atoms with van der Waals surface area (Å²) in [5.41, 5.74) is 0. The fraction of sp³-hybridized carbons (Fsp3) is 0.167. The maximum atomic E-state index is 9.71. The highest BCUT2D eigenvalue weighted by Gasteiger charge is 1.97. The van der Waals surface area contributed by atoms with Crippen LogP contribution < -0.4 is 0 Å². The molecule has 0 saturated heterocycles. The van der Waals surface area contributed by atoms with Crippen molar-refractivity contribution in [3.05, 3.63) is 22.6 Å². The minimum atomic E-state index is 0.190. The maximum Gasteiger partial charge on any atom is 0.293 e. The van der Waals surface area contributed by atoms with Crippen molar-refractivity contribution in [1.82, 2.24) is 0 Å². The fourth-order valence-corrected chi connectivity index (χ4v) is 0.894. The monoisotopic (exact) mass is 204 g/mol. The van der Waals surface area contributed by atoms with E-state index in [1.807, 2.05) is 0 Å². The predicted molar refractivity (Wildman–Crippen MR) is 37.3 cm³/mol. The van der Waals surface area contributed by atoms with Gasteiger partial charge in [-0.2, -0.15) is 0 Å². The summed E-state index contributed by atoms with van der Waals surface area (Å²) >= 11 is 3.19. The lowest BCUT2D eigenvalue weighted by molar-refractivity contribution is -0.130. The molecule has 1 heterocycles. The van der Waals surface area contributed by atoms with Crippen LogP contribution in [0.15, 0.2) is 21.2 Å². The lowest BCUT2D eigenvalue weighted by Gasteiger charge is -1.90. The normalized spacial score (nSPS) is 9.30. The molecule has 0 aliphatic rings. The number of halogens is 1. The summed E-state index contributed by atoms with van der Waals surface area (Å²) in [6, 6.07) is 1.74. The molecule has 0 unspecified atom stereocenters. The molecule has 10 heavy (non-hydrogen) atoms. The van der Waals surface area contributed by atoms with Crippen molar-refractivity contribution in [2.45, 2.75) is 6.61 Å². The average Bonchev–Trinajstić information content (AvgIpc) is 2.31. The Hall–Kier alpha value is -0.770. The van der Waals surface area contributed by atoms with Gasteiger partial charge in [-0.15, -0.1) is 0 Å². The van der Waals surface area contributed by atoms with E-state index in [0.29, 0.717) is 12.2 Å². The van der Waals surface area contributed by atoms with Gasteiger partial charge in [0.05, 0.1) is 4.47 Å². The Labute approximate surface area is 66.1 Å². The molecule has 0 spiro atoms. The van der Waals surface area contributed by atoms with E-state index in [-0.39, 0.29) is 6.61 Å². The Kier molecular flexibility index (Phi) is 2.50. The number of hydrogen-bond acceptors (Lipinski definition) is 3. The summed E-state index contributed by atoms with van der Waals surface area (Å²) in [6.07, 6.45) is 1.53. The maximum absolute atomic E-state index is 9.71. The number of ether oxygens (including phenoxy) is 1. The van der Waals surface area contributed by atoms with Crippen molar-refractivity contribution in [3.63, 3.8) is 0 Å². The third kappa shape index (κ3) is 1.88. The SMILES string of the molecule is O=COCc1cc(Br)co1. The molecule has 4 heteroatoms. The molecule has 0 bridgehead atoms. The Morgan fingerprint density at radius 3 is 3.10 bits per heavy atom. The van der Waals surface area contributed by atoms with E-state index < -0.39 is 0 Å². The molecule has 1 aromatic rings. The number of hydrogen-bond donors (Lipinski definition) is 0. The van der Waals surface area contributed by atoms with Crippen LogP contribution in [-0.2, 0) is 16.1 Å². The molecule has 54 valence electrons. The van der Waals surface area contributed by atoms with Gasteiger partial charge >= 0.3 is 0 Å². The fourth-order valence-electron chi connectivity index (χ4n) is 0.546. The number of furan rings is 1. The molecule has 0 saturated carbocycles. The smallest absolute Gasteiger partial charge is 0.293 e. The highest BCUT2D eigenvalue weighted by Crippen LogP contribution is 2.14. The van der Waals surface area contributed by atoms with Crippen molar-refractivity contribution < 1.29 is 13.9 Å². The van der Waals surface area contributed by atoms with Crippen LogP contribution in [0.25, 0.3) is 0 Å². The lowest BCUT2D eigenvalue weighted by atomic mass is 10.5. The van der Waals surface area contributed by atoms with Crippen molar-refractivity contribution in [2.75, 3.05) is 0 Å². The third-order valence-corrected chi connectivity index (χ3v) is 1.33. The highest BCUT2D eigenvalue weighted by molar-refractivity contribution is 9.10. The summed E-state index contributed by atoms with van der Waals surface area (Å²) < 4.78 is 10.2. The van der Waals surface area contributed by atoms with Crippen molar-refractivity contribution in [2.24, 2.45) is 0 Å². The van der Waals surface area contributed by atoms with Gasteiger partial charge in [-0.1, -0.05) is 0 Å². The molecule has 0 amide bonds. The van der Waals surface area contributed by atoms with Crippen LogP contribution in [0.2, 0.25) is 0 Å². The van der Waals surface area contributed by atoms with E-state index in [9.17, 15) is 4.79 Å². The number of carbonyl (C=O) groups is 1. The Morgan fingerprint density at radius 1 is 1.80 bits per heavy atom. The van der Waals surface area contributed by atoms with E-state index in [0.717, 1.165) is 4.47 Å². The molecule has 0 N–H and O–H groups in total. The zero-order valence-electron chi connectivity index (χ0n) is 5.04. The molecule has 0 aliphatic carbocycles. The average molecular weight is 205 g/mol. The molecule has 1 aromatic heterocycles. The lowest BCUT2D eigenvalue weighted by Crippen LogP contribution is -1.85. The van der Waals surface area contributed by atoms with Gasteiger partial charge in [-0.05, 0) is 22.0 Å². The van der Waals surface area contributed by atoms with Gasteiger partial charge in [0, 0.05) is 0 Å². The topological polar surface area (TPSA) is 39.4 Å². The van der Waals surface area contributed by atoms with Crippen LogP contribution in [0, 0.1) is 0 Å². The third-order valence-electron chi connectivity index (χ3n) is 0.915. The standard InChI is InChI=1S/C6H5BrO3/c7-5-1-6(10-2-5)3-9-4-8/h1-2,4H,3H2. The van der Waals surface area contributed by atoms with Gasteiger partial charge in [0.15, 0.2) is 0 Å². The first-order valence-corrected chi connectivity index (χ1v) is 3.40. The van der Waals surface area contributed by atoms with E-state index >= 15 is 0 Å². The summed E-state index contributed by atoms with van der Waals surface area (Å²) in [5, 5.41) is 0. The van der Waals surface area contributed by atoms with Crippen LogP contribution in [0.4, 0.5) is 0 Å². The van der Waals surface area contributed by atoms with Gasteiger partial charge in [0.1, 0.15) is 18.6 Å². The second-order valence-electron chi connectivity index (χ2n) is 1.64. The molecule has 3 nitrogen and oxygen atoms in total. The predicted octanol–water partition coefficient (Wildman–Crippen LogP) is 1.72. The van der Waals surface area contributed by atoms with Gasteiger partial charge < -0.3 is 9.15 Å². The molecule has 1 rings (SSSR count). The van der Waals surface area contributed by atoms with Crippen molar-refractivity contribution >= 4 is 22.4 Å². The largest absolute Gasteiger partial charge is 0.464 e. The minimum absolute atomic E-state index is 0.190. The van der Waals surface area contributed by atoms with Gasteiger partial charge in [0.25, 0.3) is 6.47 Å². The Morgan fingerprint density at radius 2 is 2.60 bits per heavy atom. The zero-order chi connectivity index (χ0) is 7.40. The Bertz CT molecular complexity index is 219. The second kappa shape index (κ2) is 3.41. The van der Waals surface area contributed by atoms with Crippen LogP contribution >= 0.6 is 15.9 Å². The number of carbonyl (C=O) groups excluding carboxylic acids is 1. The van der Waals surface area contributed by atoms with Crippen molar-refractivity contribution in [1.29, 1.82) is 0 Å². The van der Waals surface area contributed by atoms with Gasteiger partial charge in [-0.3, -0.25) is 4.79 Å². The summed E-state index contributed by atoms with van der Waals surface area (Å²) in [4.78, 5) is 9.71. The van der Waals surface area contributed by atoms with Crippen LogP contribution in [-0.4, -0.2) is 6.47 Å². The van der Waals surface area contributed by atoms with Crippen LogP contribution in [0.3, 0.4) is 0 Å². The van der Waals surface area contributed by atoms with E-state index in [2.05, 4.69) is 20.7 Å². The molecular formula is C6H5BrO3. The van der Waals surface area contributed by atoms with E-state index in [1.54, 1.807) is 6.07 Å². The van der Waals surface area contributed by atoms with Crippen LogP contribution in [0.1, 0.15) is 5.76 Å². The molecule has 0 atom stereocenters. The molecule has 0 fully saturated rings. The molecular weight excluding hydrogens is 200 g/mol. The summed E-state index contributed by atoms with van der Waals surface area (Å²) in [6.45, 7) is 0.575. The van der Waals surface area contributed by atoms with Gasteiger partial charge in [-0.25, -0.2) is 0 Å². The summed E-state index contributed by atoms with van der Waals surface area (Å²) in [5.74, 6) is 0.624. The quantitative estimate of drug-likeness (QED) is 0.705. The first kappa shape index (κ1) is 7.34. The summed E-state index contributed by atoms with van der Waals surface area (Å²) in [7, 11) is 0. The highest BCUT2D eigenvalue weighted by atomic mass is 79.9. The molecule has 0 aliphatic heterocycles. The van der Waals surface area contributed by atoms with E-state index in [4.69, 9.17) is 4.42 Å². The van der Waals surface area contributed by atoms with Crippen LogP contribution in [0.5, 0.6) is 0 Å². The first-order chi connectivity index (χ1) is 4.83. The molecule has 0 radical (unpaired) electrons. The van der Waals surface area contributed by atoms with E-state index in [1.165, 1.54) is 6.26 Å². The second-order valence-corrected chi connectivity index (χ2v) is 2.55. The minimum Gasteiger partial charge on any atom is -0.464 e. The Balaban J connectivity index is 2.49.